The average molecular weight is 281 g/mol. The van der Waals surface area contributed by atoms with Crippen LogP contribution >= 0.6 is 0 Å². The van der Waals surface area contributed by atoms with Crippen LogP contribution in [0.5, 0.6) is 5.75 Å². The molecule has 0 bridgehead atoms. The number of hydrogen-bond donors (Lipinski definition) is 1. The summed E-state index contributed by atoms with van der Waals surface area (Å²) < 4.78 is 5.39. The minimum Gasteiger partial charge on any atom is -0.497 e. The van der Waals surface area contributed by atoms with Gasteiger partial charge in [-0.15, -0.1) is 0 Å². The lowest BCUT2D eigenvalue weighted by molar-refractivity contribution is 0.404. The Morgan fingerprint density at radius 2 is 1.90 bits per heavy atom. The summed E-state index contributed by atoms with van der Waals surface area (Å²) in [5.74, 6) is 0.885. The van der Waals surface area contributed by atoms with Crippen LogP contribution < -0.4 is 10.5 Å². The first kappa shape index (κ1) is 14.2. The van der Waals surface area contributed by atoms with E-state index >= 15 is 0 Å². The van der Waals surface area contributed by atoms with Gasteiger partial charge < -0.3 is 10.5 Å². The second-order valence-electron chi connectivity index (χ2n) is 5.90. The number of aryl methyl sites for hydroxylation is 2. The van der Waals surface area contributed by atoms with Crippen LogP contribution in [0, 0.1) is 0 Å². The van der Waals surface area contributed by atoms with Gasteiger partial charge in [-0.1, -0.05) is 37.3 Å². The Morgan fingerprint density at radius 1 is 1.14 bits per heavy atom. The first-order valence-electron chi connectivity index (χ1n) is 7.73. The predicted molar refractivity (Wildman–Crippen MR) is 86.7 cm³/mol. The lowest BCUT2D eigenvalue weighted by atomic mass is 9.73. The van der Waals surface area contributed by atoms with Gasteiger partial charge in [0.2, 0.25) is 0 Å². The number of methoxy groups -OCH3 is 1. The highest BCUT2D eigenvalue weighted by molar-refractivity contribution is 5.48. The summed E-state index contributed by atoms with van der Waals surface area (Å²) in [6, 6.07) is 15.1. The molecule has 0 saturated heterocycles. The number of benzene rings is 2. The SMILES string of the molecule is CCc1ccc(C2(N)CCCc3ccc(OC)cc32)cc1. The van der Waals surface area contributed by atoms with Crippen molar-refractivity contribution < 1.29 is 4.74 Å². The first-order chi connectivity index (χ1) is 10.2. The molecular formula is C19H23NO. The van der Waals surface area contributed by atoms with Gasteiger partial charge in [-0.2, -0.15) is 0 Å². The van der Waals surface area contributed by atoms with Crippen LogP contribution in [0.2, 0.25) is 0 Å². The zero-order valence-electron chi connectivity index (χ0n) is 12.9. The summed E-state index contributed by atoms with van der Waals surface area (Å²) in [5, 5.41) is 0. The van der Waals surface area contributed by atoms with Crippen LogP contribution in [0.15, 0.2) is 42.5 Å². The standard InChI is InChI=1S/C19H23NO/c1-3-14-6-9-16(10-7-14)19(20)12-4-5-15-8-11-17(21-2)13-18(15)19/h6-11,13H,3-5,12,20H2,1-2H3. The molecule has 2 aromatic rings. The van der Waals surface area contributed by atoms with Gasteiger partial charge >= 0.3 is 0 Å². The third-order valence-electron chi connectivity index (χ3n) is 4.69. The normalized spacial score (nSPS) is 20.9. The lowest BCUT2D eigenvalue weighted by Crippen LogP contribution is -2.41. The molecule has 2 heteroatoms. The second-order valence-corrected chi connectivity index (χ2v) is 5.90. The molecule has 1 aliphatic carbocycles. The molecule has 1 aliphatic rings. The predicted octanol–water partition coefficient (Wildman–Crippen LogP) is 3.80. The lowest BCUT2D eigenvalue weighted by Gasteiger charge is -2.36. The van der Waals surface area contributed by atoms with E-state index in [1.807, 2.05) is 6.07 Å². The fourth-order valence-corrected chi connectivity index (χ4v) is 3.35. The molecule has 3 rings (SSSR count). The van der Waals surface area contributed by atoms with E-state index in [0.717, 1.165) is 31.4 Å². The molecule has 0 heterocycles. The van der Waals surface area contributed by atoms with Crippen LogP contribution in [0.4, 0.5) is 0 Å². The van der Waals surface area contributed by atoms with E-state index in [0.29, 0.717) is 0 Å². The van der Waals surface area contributed by atoms with E-state index in [9.17, 15) is 0 Å². The van der Waals surface area contributed by atoms with Gasteiger partial charge in [-0.25, -0.2) is 0 Å². The van der Waals surface area contributed by atoms with Crippen molar-refractivity contribution in [2.24, 2.45) is 5.73 Å². The Balaban J connectivity index is 2.09. The van der Waals surface area contributed by atoms with Gasteiger partial charge in [0.15, 0.2) is 0 Å². The summed E-state index contributed by atoms with van der Waals surface area (Å²) >= 11 is 0. The maximum absolute atomic E-state index is 6.85. The summed E-state index contributed by atoms with van der Waals surface area (Å²) in [4.78, 5) is 0. The van der Waals surface area contributed by atoms with Gasteiger partial charge in [-0.3, -0.25) is 0 Å². The molecule has 1 atom stereocenters. The van der Waals surface area contributed by atoms with Gasteiger partial charge in [0.1, 0.15) is 5.75 Å². The maximum atomic E-state index is 6.85. The fraction of sp³-hybridized carbons (Fsp3) is 0.368. The quantitative estimate of drug-likeness (QED) is 0.929. The Labute approximate surface area is 126 Å². The van der Waals surface area contributed by atoms with Crippen LogP contribution in [-0.4, -0.2) is 7.11 Å². The molecule has 0 amide bonds. The van der Waals surface area contributed by atoms with Crippen LogP contribution in [0.25, 0.3) is 0 Å². The van der Waals surface area contributed by atoms with E-state index in [-0.39, 0.29) is 0 Å². The molecule has 0 fully saturated rings. The van der Waals surface area contributed by atoms with Crippen molar-refractivity contribution >= 4 is 0 Å². The summed E-state index contributed by atoms with van der Waals surface area (Å²) in [7, 11) is 1.71. The number of nitrogens with two attached hydrogens (primary N) is 1. The van der Waals surface area contributed by atoms with Crippen molar-refractivity contribution in [1.82, 2.24) is 0 Å². The van der Waals surface area contributed by atoms with Crippen molar-refractivity contribution in [3.05, 3.63) is 64.7 Å². The highest BCUT2D eigenvalue weighted by Crippen LogP contribution is 2.40. The molecule has 2 N–H and O–H groups in total. The third kappa shape index (κ3) is 2.44. The molecule has 110 valence electrons. The summed E-state index contributed by atoms with van der Waals surface area (Å²) in [6.07, 6.45) is 4.28. The van der Waals surface area contributed by atoms with Gasteiger partial charge in [-0.05, 0) is 60.1 Å². The molecule has 0 spiro atoms. The highest BCUT2D eigenvalue weighted by Gasteiger charge is 2.34. The van der Waals surface area contributed by atoms with E-state index in [1.54, 1.807) is 7.11 Å². The van der Waals surface area contributed by atoms with Crippen molar-refractivity contribution in [3.8, 4) is 5.75 Å². The van der Waals surface area contributed by atoms with E-state index in [4.69, 9.17) is 10.5 Å². The van der Waals surface area contributed by atoms with E-state index < -0.39 is 5.54 Å². The molecule has 0 radical (unpaired) electrons. The van der Waals surface area contributed by atoms with Crippen molar-refractivity contribution in [1.29, 1.82) is 0 Å². The maximum Gasteiger partial charge on any atom is 0.119 e. The number of hydrogen-bond acceptors (Lipinski definition) is 2. The number of rotatable bonds is 3. The molecule has 0 saturated carbocycles. The molecule has 21 heavy (non-hydrogen) atoms. The van der Waals surface area contributed by atoms with Crippen LogP contribution in [0.1, 0.15) is 42.0 Å². The Kier molecular flexibility index (Phi) is 3.73. The summed E-state index contributed by atoms with van der Waals surface area (Å²) in [6.45, 7) is 2.17. The Hall–Kier alpha value is -1.80. The smallest absolute Gasteiger partial charge is 0.119 e. The Bertz CT molecular complexity index is 633. The van der Waals surface area contributed by atoms with Crippen LogP contribution in [-0.2, 0) is 18.4 Å². The molecule has 2 nitrogen and oxygen atoms in total. The van der Waals surface area contributed by atoms with Gasteiger partial charge in [0.25, 0.3) is 0 Å². The van der Waals surface area contributed by atoms with E-state index in [2.05, 4.69) is 43.3 Å². The van der Waals surface area contributed by atoms with Crippen molar-refractivity contribution in [2.75, 3.05) is 7.11 Å². The number of fused-ring (bicyclic) bond motifs is 1. The molecule has 0 aromatic heterocycles. The largest absolute Gasteiger partial charge is 0.497 e. The second kappa shape index (κ2) is 5.53. The molecule has 0 aliphatic heterocycles. The minimum absolute atomic E-state index is 0.394. The van der Waals surface area contributed by atoms with Crippen molar-refractivity contribution in [2.45, 2.75) is 38.1 Å². The minimum atomic E-state index is -0.394. The average Bonchev–Trinajstić information content (AvgIpc) is 2.55. The topological polar surface area (TPSA) is 35.2 Å². The highest BCUT2D eigenvalue weighted by atomic mass is 16.5. The van der Waals surface area contributed by atoms with Crippen molar-refractivity contribution in [3.63, 3.8) is 0 Å². The Morgan fingerprint density at radius 3 is 2.57 bits per heavy atom. The zero-order valence-corrected chi connectivity index (χ0v) is 12.9. The van der Waals surface area contributed by atoms with Crippen LogP contribution in [0.3, 0.4) is 0 Å². The fourth-order valence-electron chi connectivity index (χ4n) is 3.35. The first-order valence-corrected chi connectivity index (χ1v) is 7.73. The molecule has 2 aromatic carbocycles. The summed E-state index contributed by atoms with van der Waals surface area (Å²) in [5.41, 5.74) is 11.6. The van der Waals surface area contributed by atoms with E-state index in [1.165, 1.54) is 22.3 Å². The van der Waals surface area contributed by atoms with Gasteiger partial charge in [0.05, 0.1) is 12.6 Å². The molecular weight excluding hydrogens is 258 g/mol. The number of ether oxygens (including phenoxy) is 1. The molecule has 1 unspecified atom stereocenters. The zero-order chi connectivity index (χ0) is 14.9. The monoisotopic (exact) mass is 281 g/mol. The van der Waals surface area contributed by atoms with Gasteiger partial charge in [0, 0.05) is 0 Å². The third-order valence-corrected chi connectivity index (χ3v) is 4.69.